The number of rotatable bonds is 9. The van der Waals surface area contributed by atoms with Gasteiger partial charge in [0, 0.05) is 62.6 Å². The predicted octanol–water partition coefficient (Wildman–Crippen LogP) is 4.21. The zero-order valence-electron chi connectivity index (χ0n) is 24.0. The number of pyridine rings is 2. The minimum atomic E-state index is -0.164. The molecule has 1 saturated heterocycles. The molecule has 214 valence electrons. The summed E-state index contributed by atoms with van der Waals surface area (Å²) in [5.74, 6) is 1.15. The van der Waals surface area contributed by atoms with Gasteiger partial charge in [0.1, 0.15) is 5.82 Å². The van der Waals surface area contributed by atoms with E-state index in [1.54, 1.807) is 6.20 Å². The highest BCUT2D eigenvalue weighted by molar-refractivity contribution is 5.93. The van der Waals surface area contributed by atoms with Crippen LogP contribution in [0.1, 0.15) is 31.0 Å². The molecule has 0 saturated carbocycles. The third-order valence-corrected chi connectivity index (χ3v) is 7.73. The van der Waals surface area contributed by atoms with Crippen molar-refractivity contribution in [3.63, 3.8) is 0 Å². The highest BCUT2D eigenvalue weighted by atomic mass is 16.5. The van der Waals surface area contributed by atoms with Crippen LogP contribution in [0.3, 0.4) is 0 Å². The van der Waals surface area contributed by atoms with Gasteiger partial charge < -0.3 is 15.0 Å². The summed E-state index contributed by atoms with van der Waals surface area (Å²) in [6.45, 7) is 13.6. The minimum Gasteiger partial charge on any atom is -0.379 e. The Kier molecular flexibility index (Phi) is 7.84. The molecule has 1 atom stereocenters. The number of nitrogens with zero attached hydrogens (tertiary/aromatic N) is 6. The third-order valence-electron chi connectivity index (χ3n) is 7.73. The molecule has 3 aromatic heterocycles. The fourth-order valence-corrected chi connectivity index (χ4v) is 5.62. The standard InChI is InChI=1S/C31H38N8O2/c1-21(2)18-39-20-25(17-34-39)28-15-23-6-7-32-31(40)29(23)30(36-28)35-26-4-5-27(22(3)14-26)24-16-33-38(19-24)9-8-37-10-12-41-13-11-37/h4-7,14-17,19,21,25H,8-13,18,20H2,1-3H3,(H,32,40)(H,35,36). The zero-order chi connectivity index (χ0) is 28.3. The summed E-state index contributed by atoms with van der Waals surface area (Å²) in [5.41, 5.74) is 4.95. The molecule has 2 N–H and O–H groups in total. The van der Waals surface area contributed by atoms with Crippen LogP contribution in [0.25, 0.3) is 21.9 Å². The number of nitrogens with one attached hydrogen (secondary N) is 2. The molecule has 10 nitrogen and oxygen atoms in total. The Morgan fingerprint density at radius 3 is 2.80 bits per heavy atom. The number of aryl methyl sites for hydroxylation is 1. The molecule has 0 aliphatic carbocycles. The molecule has 4 aromatic rings. The highest BCUT2D eigenvalue weighted by Crippen LogP contribution is 2.30. The van der Waals surface area contributed by atoms with Crippen LogP contribution in [0, 0.1) is 12.8 Å². The van der Waals surface area contributed by atoms with Gasteiger partial charge in [0.15, 0.2) is 0 Å². The Morgan fingerprint density at radius 1 is 1.15 bits per heavy atom. The summed E-state index contributed by atoms with van der Waals surface area (Å²) in [6, 6.07) is 10.2. The molecule has 1 unspecified atom stereocenters. The first-order valence-corrected chi connectivity index (χ1v) is 14.4. The van der Waals surface area contributed by atoms with E-state index < -0.39 is 0 Å². The Hall–Kier alpha value is -4.02. The Labute approximate surface area is 240 Å². The van der Waals surface area contributed by atoms with Gasteiger partial charge in [-0.15, -0.1) is 0 Å². The normalized spacial score (nSPS) is 17.7. The number of anilines is 2. The highest BCUT2D eigenvalue weighted by Gasteiger charge is 2.23. The first kappa shape index (κ1) is 27.2. The molecule has 6 rings (SSSR count). The number of aromatic nitrogens is 4. The number of hydrogen-bond acceptors (Lipinski definition) is 8. The van der Waals surface area contributed by atoms with E-state index in [-0.39, 0.29) is 11.5 Å². The maximum Gasteiger partial charge on any atom is 0.259 e. The van der Waals surface area contributed by atoms with Crippen molar-refractivity contribution in [1.82, 2.24) is 29.7 Å². The van der Waals surface area contributed by atoms with E-state index in [2.05, 4.69) is 69.5 Å². The summed E-state index contributed by atoms with van der Waals surface area (Å²) in [6.07, 6.45) is 7.69. The van der Waals surface area contributed by atoms with Gasteiger partial charge in [-0.05, 0) is 53.6 Å². The number of benzene rings is 1. The van der Waals surface area contributed by atoms with E-state index in [1.807, 2.05) is 35.3 Å². The van der Waals surface area contributed by atoms with Crippen molar-refractivity contribution < 1.29 is 4.74 Å². The van der Waals surface area contributed by atoms with Crippen molar-refractivity contribution in [1.29, 1.82) is 0 Å². The largest absolute Gasteiger partial charge is 0.379 e. The molecule has 0 amide bonds. The van der Waals surface area contributed by atoms with Gasteiger partial charge in [0.25, 0.3) is 5.56 Å². The first-order chi connectivity index (χ1) is 19.9. The van der Waals surface area contributed by atoms with Crippen molar-refractivity contribution in [3.05, 3.63) is 70.5 Å². The van der Waals surface area contributed by atoms with E-state index in [0.717, 1.165) is 85.9 Å². The predicted molar refractivity (Wildman–Crippen MR) is 163 cm³/mol. The summed E-state index contributed by atoms with van der Waals surface area (Å²) in [4.78, 5) is 23.0. The molecular weight excluding hydrogens is 516 g/mol. The third kappa shape index (κ3) is 6.18. The van der Waals surface area contributed by atoms with Crippen LogP contribution in [-0.4, -0.2) is 81.8 Å². The van der Waals surface area contributed by atoms with Crippen LogP contribution in [-0.2, 0) is 11.3 Å². The second-order valence-electron chi connectivity index (χ2n) is 11.4. The van der Waals surface area contributed by atoms with Crippen LogP contribution in [0.5, 0.6) is 0 Å². The molecule has 0 radical (unpaired) electrons. The fourth-order valence-electron chi connectivity index (χ4n) is 5.62. The fraction of sp³-hybridized carbons (Fsp3) is 0.419. The van der Waals surface area contributed by atoms with Gasteiger partial charge in [-0.1, -0.05) is 19.9 Å². The molecule has 41 heavy (non-hydrogen) atoms. The Bertz CT molecular complexity index is 1600. The van der Waals surface area contributed by atoms with Gasteiger partial charge in [0.05, 0.1) is 43.0 Å². The number of ether oxygens (including phenoxy) is 1. The maximum absolute atomic E-state index is 12.9. The quantitative estimate of drug-likeness (QED) is 0.319. The lowest BCUT2D eigenvalue weighted by Crippen LogP contribution is -2.38. The topological polar surface area (TPSA) is 104 Å². The molecule has 2 aliphatic rings. The number of hydrazone groups is 1. The van der Waals surface area contributed by atoms with Gasteiger partial charge in [-0.2, -0.15) is 10.2 Å². The smallest absolute Gasteiger partial charge is 0.259 e. The van der Waals surface area contributed by atoms with E-state index in [9.17, 15) is 4.79 Å². The SMILES string of the molecule is Cc1cc(Nc2nc(C3C=NN(CC(C)C)C3)cc3cc[nH]c(=O)c23)ccc1-c1cnn(CCN2CCOCC2)c1. The van der Waals surface area contributed by atoms with Gasteiger partial charge in [-0.25, -0.2) is 4.98 Å². The van der Waals surface area contributed by atoms with Crippen molar-refractivity contribution in [2.45, 2.75) is 33.2 Å². The Morgan fingerprint density at radius 2 is 2.00 bits per heavy atom. The monoisotopic (exact) mass is 554 g/mol. The lowest BCUT2D eigenvalue weighted by atomic mass is 10.0. The van der Waals surface area contributed by atoms with Crippen LogP contribution in [0.15, 0.2) is 58.8 Å². The zero-order valence-corrected chi connectivity index (χ0v) is 24.0. The molecule has 1 aromatic carbocycles. The van der Waals surface area contributed by atoms with E-state index in [1.165, 1.54) is 0 Å². The molecule has 0 spiro atoms. The van der Waals surface area contributed by atoms with Crippen LogP contribution < -0.4 is 10.9 Å². The number of hydrogen-bond donors (Lipinski definition) is 2. The average Bonchev–Trinajstić information content (AvgIpc) is 3.62. The number of morpholine rings is 1. The van der Waals surface area contributed by atoms with Crippen molar-refractivity contribution >= 4 is 28.5 Å². The summed E-state index contributed by atoms with van der Waals surface area (Å²) in [5, 5.41) is 16.2. The number of fused-ring (bicyclic) bond motifs is 1. The van der Waals surface area contributed by atoms with Gasteiger partial charge in [0.2, 0.25) is 0 Å². The first-order valence-electron chi connectivity index (χ1n) is 14.4. The second-order valence-corrected chi connectivity index (χ2v) is 11.4. The lowest BCUT2D eigenvalue weighted by molar-refractivity contribution is 0.0360. The van der Waals surface area contributed by atoms with E-state index >= 15 is 0 Å². The van der Waals surface area contributed by atoms with Gasteiger partial charge >= 0.3 is 0 Å². The molecule has 5 heterocycles. The van der Waals surface area contributed by atoms with Gasteiger partial charge in [-0.3, -0.25) is 19.4 Å². The van der Waals surface area contributed by atoms with Crippen molar-refractivity contribution in [2.75, 3.05) is 51.3 Å². The van der Waals surface area contributed by atoms with Crippen LogP contribution >= 0.6 is 0 Å². The van der Waals surface area contributed by atoms with Crippen molar-refractivity contribution in [3.8, 4) is 11.1 Å². The van der Waals surface area contributed by atoms with Crippen molar-refractivity contribution in [2.24, 2.45) is 11.0 Å². The molecule has 1 fully saturated rings. The second kappa shape index (κ2) is 11.8. The van der Waals surface area contributed by atoms with Crippen LogP contribution in [0.4, 0.5) is 11.5 Å². The summed E-state index contributed by atoms with van der Waals surface area (Å²) >= 11 is 0. The molecule has 10 heteroatoms. The lowest BCUT2D eigenvalue weighted by Gasteiger charge is -2.26. The summed E-state index contributed by atoms with van der Waals surface area (Å²) in [7, 11) is 0. The van der Waals surface area contributed by atoms with Crippen LogP contribution in [0.2, 0.25) is 0 Å². The Balaban J connectivity index is 1.22. The van der Waals surface area contributed by atoms with E-state index in [0.29, 0.717) is 17.1 Å². The maximum atomic E-state index is 12.9. The summed E-state index contributed by atoms with van der Waals surface area (Å²) < 4.78 is 7.46. The van der Waals surface area contributed by atoms with E-state index in [4.69, 9.17) is 9.72 Å². The average molecular weight is 555 g/mol. The molecular formula is C31H38N8O2. The number of H-pyrrole nitrogens is 1. The molecule has 2 aliphatic heterocycles. The number of aromatic amines is 1. The minimum absolute atomic E-state index is 0.0712. The molecule has 0 bridgehead atoms.